The van der Waals surface area contributed by atoms with Crippen molar-refractivity contribution in [2.45, 2.75) is 124 Å². The molecule has 2 aromatic carbocycles. The third kappa shape index (κ3) is 15.6. The van der Waals surface area contributed by atoms with Gasteiger partial charge < -0.3 is 51.2 Å². The first kappa shape index (κ1) is 56.9. The van der Waals surface area contributed by atoms with E-state index in [9.17, 15) is 43.5 Å². The number of unbranched alkanes of at least 4 members (excludes halogenated alkanes) is 2. The number of ether oxygens (including phenoxy) is 1. The number of carboxylic acid groups (broad SMARTS) is 1. The Kier molecular flexibility index (Phi) is 20.2. The summed E-state index contributed by atoms with van der Waals surface area (Å²) in [4.78, 5) is 104. The van der Waals surface area contributed by atoms with Gasteiger partial charge >= 0.3 is 18.1 Å². The molecule has 2 aliphatic rings. The van der Waals surface area contributed by atoms with Crippen molar-refractivity contribution in [3.8, 4) is 0 Å². The van der Waals surface area contributed by atoms with Crippen molar-refractivity contribution in [3.05, 3.63) is 81.7 Å². The lowest BCUT2D eigenvalue weighted by molar-refractivity contribution is -0.138. The molecule has 4 aromatic rings. The Morgan fingerprint density at radius 2 is 1.61 bits per heavy atom. The fourth-order valence-corrected chi connectivity index (χ4v) is 9.43. The topological polar surface area (TPSA) is 286 Å². The second-order valence-corrected chi connectivity index (χ2v) is 19.8. The van der Waals surface area contributed by atoms with E-state index in [2.05, 4.69) is 45.4 Å². The Bertz CT molecular complexity index is 2720. The zero-order valence-electron chi connectivity index (χ0n) is 43.4. The molecule has 0 spiro atoms. The van der Waals surface area contributed by atoms with Crippen molar-refractivity contribution in [1.82, 2.24) is 45.3 Å². The first-order valence-electron chi connectivity index (χ1n) is 25.8. The standard InChI is InChI=1S/C52H71FN12O10/c1-6-61-29-38(50(71)72)48(69)37-26-39(53)43(27-42(37)61)62-21-23-63(24-22-62)52(74)75-31-34-13-15-35(16-14-34)58-49(70)41(11-10-19-55-51(54)73)65-30-40(59-60-65)47(33(4)5)56-28-36(25-32(2)3)57-44(66)12-8-7-9-20-64-45(67)17-18-46(64)68/h13-16,26-27,29-30,32-33,36,41,47,56H,6-12,17-25,28,31H2,1-5H3,(H,57,66)(H,58,70)(H,71,72)(H3,54,55,73). The van der Waals surface area contributed by atoms with E-state index in [-0.39, 0.29) is 111 Å². The van der Waals surface area contributed by atoms with Gasteiger partial charge in [0.1, 0.15) is 24.0 Å². The minimum Gasteiger partial charge on any atom is -0.477 e. The number of nitrogens with zero attached hydrogens (tertiary/aromatic N) is 7. The lowest BCUT2D eigenvalue weighted by Crippen LogP contribution is -2.49. The second-order valence-electron chi connectivity index (χ2n) is 19.8. The number of rotatable bonds is 26. The lowest BCUT2D eigenvalue weighted by Gasteiger charge is -2.35. The Morgan fingerprint density at radius 3 is 2.25 bits per heavy atom. The smallest absolute Gasteiger partial charge is 0.410 e. The molecule has 2 fully saturated rings. The Morgan fingerprint density at radius 1 is 0.907 bits per heavy atom. The number of amides is 7. The van der Waals surface area contributed by atoms with Crippen molar-refractivity contribution in [3.63, 3.8) is 0 Å². The molecule has 3 unspecified atom stereocenters. The van der Waals surface area contributed by atoms with E-state index in [1.54, 1.807) is 46.9 Å². The molecular weight excluding hydrogens is 972 g/mol. The van der Waals surface area contributed by atoms with Crippen LogP contribution in [0.3, 0.4) is 0 Å². The van der Waals surface area contributed by atoms with E-state index in [0.29, 0.717) is 80.1 Å². The van der Waals surface area contributed by atoms with Crippen molar-refractivity contribution >= 4 is 64.0 Å². The molecule has 0 radical (unpaired) electrons. The number of nitrogens with one attached hydrogen (secondary N) is 4. The van der Waals surface area contributed by atoms with Crippen LogP contribution in [0.25, 0.3) is 10.9 Å². The van der Waals surface area contributed by atoms with Crippen LogP contribution in [0.1, 0.15) is 126 Å². The normalized spacial score (nSPS) is 15.1. The fraction of sp³-hybridized carbons (Fsp3) is 0.538. The Hall–Kier alpha value is -7.43. The van der Waals surface area contributed by atoms with Crippen molar-refractivity contribution in [1.29, 1.82) is 0 Å². The number of aromatic nitrogens is 4. The number of fused-ring (bicyclic) bond motifs is 1. The van der Waals surface area contributed by atoms with Gasteiger partial charge in [0.2, 0.25) is 29.1 Å². The summed E-state index contributed by atoms with van der Waals surface area (Å²) in [6.45, 7) is 12.5. The maximum atomic E-state index is 15.4. The molecule has 0 aliphatic carbocycles. The van der Waals surface area contributed by atoms with Crippen molar-refractivity contribution in [2.24, 2.45) is 17.6 Å². The van der Waals surface area contributed by atoms with Gasteiger partial charge in [-0.15, -0.1) is 5.10 Å². The summed E-state index contributed by atoms with van der Waals surface area (Å²) in [6.07, 6.45) is 6.71. The summed E-state index contributed by atoms with van der Waals surface area (Å²) in [5.74, 6) is -2.43. The number of imide groups is 1. The number of primary amides is 1. The van der Waals surface area contributed by atoms with Gasteiger partial charge in [0, 0.05) is 94.9 Å². The van der Waals surface area contributed by atoms with Crippen LogP contribution in [0.4, 0.5) is 25.4 Å². The van der Waals surface area contributed by atoms with Gasteiger partial charge in [-0.25, -0.2) is 23.5 Å². The minimum absolute atomic E-state index is 0.0269. The predicted molar refractivity (Wildman–Crippen MR) is 277 cm³/mol. The molecule has 23 heteroatoms. The van der Waals surface area contributed by atoms with Gasteiger partial charge in [-0.3, -0.25) is 28.9 Å². The molecule has 2 saturated heterocycles. The van der Waals surface area contributed by atoms with E-state index in [0.717, 1.165) is 12.5 Å². The molecule has 406 valence electrons. The van der Waals surface area contributed by atoms with E-state index in [1.807, 2.05) is 13.8 Å². The number of likely N-dealkylation sites (tertiary alicyclic amines) is 1. The SMILES string of the molecule is CCn1cc(C(=O)O)c(=O)c2cc(F)c(N3CCN(C(=O)OCc4ccc(NC(=O)C(CCCNC(N)=O)n5cc(C(NCC(CC(C)C)NC(=O)CCCCCN6C(=O)CCC6=O)C(C)C)nn5)cc4)CC3)cc21. The second kappa shape index (κ2) is 26.7. The fourth-order valence-electron chi connectivity index (χ4n) is 9.43. The average molecular weight is 1040 g/mol. The number of hydrogen-bond donors (Lipinski definition) is 6. The molecule has 22 nitrogen and oxygen atoms in total. The van der Waals surface area contributed by atoms with Crippen LogP contribution in [0.5, 0.6) is 0 Å². The van der Waals surface area contributed by atoms with E-state index in [4.69, 9.17) is 10.5 Å². The van der Waals surface area contributed by atoms with E-state index in [1.165, 1.54) is 26.7 Å². The van der Waals surface area contributed by atoms with Crippen molar-refractivity contribution in [2.75, 3.05) is 56.0 Å². The van der Waals surface area contributed by atoms with E-state index < -0.39 is 40.9 Å². The number of nitrogens with two attached hydrogens (primary N) is 1. The minimum atomic E-state index is -1.39. The first-order chi connectivity index (χ1) is 35.8. The van der Waals surface area contributed by atoms with Gasteiger partial charge in [-0.1, -0.05) is 51.5 Å². The van der Waals surface area contributed by atoms with Crippen LogP contribution in [-0.2, 0) is 37.1 Å². The van der Waals surface area contributed by atoms with Crippen molar-refractivity contribution < 1.29 is 47.8 Å². The monoisotopic (exact) mass is 1040 g/mol. The Balaban J connectivity index is 1.01. The molecule has 7 N–H and O–H groups in total. The zero-order chi connectivity index (χ0) is 54.3. The number of aryl methyl sites for hydroxylation is 1. The number of piperazine rings is 1. The highest BCUT2D eigenvalue weighted by Crippen LogP contribution is 2.28. The first-order valence-corrected chi connectivity index (χ1v) is 25.8. The van der Waals surface area contributed by atoms with Gasteiger partial charge in [0.15, 0.2) is 0 Å². The highest BCUT2D eigenvalue weighted by molar-refractivity contribution is 6.02. The van der Waals surface area contributed by atoms with Gasteiger partial charge in [-0.05, 0) is 80.7 Å². The number of benzene rings is 2. The maximum Gasteiger partial charge on any atom is 0.410 e. The number of pyridine rings is 1. The summed E-state index contributed by atoms with van der Waals surface area (Å²) in [5.41, 5.74) is 6.47. The molecule has 7 amide bonds. The Labute approximate surface area is 434 Å². The largest absolute Gasteiger partial charge is 0.477 e. The molecule has 2 aromatic heterocycles. The number of carboxylic acids is 1. The number of halogens is 1. The van der Waals surface area contributed by atoms with Crippen LogP contribution in [0.15, 0.2) is 53.6 Å². The van der Waals surface area contributed by atoms with Gasteiger partial charge in [0.25, 0.3) is 0 Å². The maximum absolute atomic E-state index is 15.4. The molecule has 2 aliphatic heterocycles. The van der Waals surface area contributed by atoms with Crippen LogP contribution in [0, 0.1) is 17.7 Å². The quantitative estimate of drug-likeness (QED) is 0.0354. The molecule has 0 bridgehead atoms. The number of anilines is 2. The highest BCUT2D eigenvalue weighted by Gasteiger charge is 2.30. The highest BCUT2D eigenvalue weighted by atomic mass is 19.1. The van der Waals surface area contributed by atoms with E-state index >= 15 is 4.39 Å². The summed E-state index contributed by atoms with van der Waals surface area (Å²) in [7, 11) is 0. The molecule has 6 rings (SSSR count). The van der Waals surface area contributed by atoms with Crippen LogP contribution < -0.4 is 37.3 Å². The lowest BCUT2D eigenvalue weighted by atomic mass is 9.99. The zero-order valence-corrected chi connectivity index (χ0v) is 43.4. The van der Waals surface area contributed by atoms with Gasteiger partial charge in [0.05, 0.1) is 29.1 Å². The summed E-state index contributed by atoms with van der Waals surface area (Å²) < 4.78 is 24.1. The number of carbonyl (C=O) groups excluding carboxylic acids is 6. The van der Waals surface area contributed by atoms with Crippen LogP contribution in [-0.4, -0.2) is 128 Å². The number of aromatic carboxylic acids is 1. The number of carbonyl (C=O) groups is 7. The predicted octanol–water partition coefficient (Wildman–Crippen LogP) is 5.06. The summed E-state index contributed by atoms with van der Waals surface area (Å²) in [6, 6.07) is 7.44. The molecule has 0 saturated carbocycles. The van der Waals surface area contributed by atoms with Gasteiger partial charge in [-0.2, -0.15) is 0 Å². The third-order valence-corrected chi connectivity index (χ3v) is 13.4. The number of hydrogen-bond acceptors (Lipinski definition) is 13. The van der Waals surface area contributed by atoms with Crippen LogP contribution >= 0.6 is 0 Å². The molecule has 75 heavy (non-hydrogen) atoms. The average Bonchev–Trinajstić information content (AvgIpc) is 3.98. The molecule has 3 atom stereocenters. The number of urea groups is 1. The summed E-state index contributed by atoms with van der Waals surface area (Å²) >= 11 is 0. The third-order valence-electron chi connectivity index (χ3n) is 13.4. The molecule has 4 heterocycles. The van der Waals surface area contributed by atoms with Crippen LogP contribution in [0.2, 0.25) is 0 Å². The summed E-state index contributed by atoms with van der Waals surface area (Å²) in [5, 5.41) is 30.6. The molecular formula is C52H71FN12O10.